The number of alkyl halides is 1. The van der Waals surface area contributed by atoms with E-state index in [0.717, 1.165) is 31.0 Å². The molecule has 7 heteroatoms. The molecule has 0 aromatic carbocycles. The zero-order valence-electron chi connectivity index (χ0n) is 16.1. The molecule has 2 atom stereocenters. The molecule has 5 nitrogen and oxygen atoms in total. The zero-order valence-corrected chi connectivity index (χ0v) is 17.7. The maximum atomic E-state index is 12.2. The number of piperidine rings is 3. The number of likely N-dealkylation sites (N-methyl/N-ethyl adjacent to an activating group) is 1. The maximum absolute atomic E-state index is 12.2. The molecule has 2 bridgehead atoms. The average Bonchev–Trinajstić information content (AvgIpc) is 2.66. The first-order valence-corrected chi connectivity index (χ1v) is 10.8. The van der Waals surface area contributed by atoms with Crippen molar-refractivity contribution in [3.63, 3.8) is 0 Å². The standard InChI is InChI=1S/C19H34Cl2N4O/c1-3-16(20)5-6-17(21)13-25(4-2)22-10-7-19(26)23-18-14-24-11-8-15(18)9-12-24/h6,15-16,18,22H,3-5,7-14H2,1-2H3,(H,23,26)/b17-6+. The van der Waals surface area contributed by atoms with Crippen LogP contribution in [0.5, 0.6) is 0 Å². The van der Waals surface area contributed by atoms with Gasteiger partial charge in [-0.15, -0.1) is 11.6 Å². The quantitative estimate of drug-likeness (QED) is 0.410. The predicted octanol–water partition coefficient (Wildman–Crippen LogP) is 2.94. The zero-order chi connectivity index (χ0) is 18.9. The Morgan fingerprint density at radius 2 is 2.08 bits per heavy atom. The van der Waals surface area contributed by atoms with Gasteiger partial charge >= 0.3 is 0 Å². The summed E-state index contributed by atoms with van der Waals surface area (Å²) in [4.78, 5) is 14.7. The third-order valence-electron chi connectivity index (χ3n) is 5.45. The van der Waals surface area contributed by atoms with Crippen molar-refractivity contribution in [2.45, 2.75) is 57.4 Å². The first-order chi connectivity index (χ1) is 12.5. The summed E-state index contributed by atoms with van der Waals surface area (Å²) >= 11 is 12.4. The predicted molar refractivity (Wildman–Crippen MR) is 109 cm³/mol. The van der Waals surface area contributed by atoms with Crippen molar-refractivity contribution in [3.05, 3.63) is 11.1 Å². The van der Waals surface area contributed by atoms with E-state index in [0.29, 0.717) is 31.5 Å². The summed E-state index contributed by atoms with van der Waals surface area (Å²) < 4.78 is 0. The number of halogens is 2. The van der Waals surface area contributed by atoms with Gasteiger partial charge in [0.05, 0.1) is 0 Å². The molecule has 1 amide bonds. The van der Waals surface area contributed by atoms with Gasteiger partial charge in [-0.2, -0.15) is 0 Å². The highest BCUT2D eigenvalue weighted by Crippen LogP contribution is 2.27. The number of amides is 1. The Morgan fingerprint density at radius 3 is 2.65 bits per heavy atom. The van der Waals surface area contributed by atoms with Crippen molar-refractivity contribution in [2.24, 2.45) is 5.92 Å². The topological polar surface area (TPSA) is 47.6 Å². The lowest BCUT2D eigenvalue weighted by Gasteiger charge is -2.45. The van der Waals surface area contributed by atoms with Crippen LogP contribution in [0, 0.1) is 5.92 Å². The molecule has 0 aromatic heterocycles. The summed E-state index contributed by atoms with van der Waals surface area (Å²) in [5.41, 5.74) is 3.31. The second-order valence-corrected chi connectivity index (χ2v) is 8.48. The molecule has 3 saturated heterocycles. The Hall–Kier alpha value is -0.330. The van der Waals surface area contributed by atoms with Gasteiger partial charge in [-0.1, -0.05) is 31.5 Å². The molecular formula is C19H34Cl2N4O. The number of hydrogen-bond acceptors (Lipinski definition) is 4. The van der Waals surface area contributed by atoms with E-state index in [2.05, 4.69) is 29.5 Å². The van der Waals surface area contributed by atoms with Gasteiger partial charge in [-0.3, -0.25) is 10.2 Å². The van der Waals surface area contributed by atoms with Crippen molar-refractivity contribution in [2.75, 3.05) is 39.3 Å². The van der Waals surface area contributed by atoms with Crippen LogP contribution < -0.4 is 10.7 Å². The molecule has 0 aromatic rings. The van der Waals surface area contributed by atoms with E-state index in [4.69, 9.17) is 23.2 Å². The molecule has 2 unspecified atom stereocenters. The van der Waals surface area contributed by atoms with Crippen LogP contribution in [0.2, 0.25) is 0 Å². The summed E-state index contributed by atoms with van der Waals surface area (Å²) in [6, 6.07) is 0.340. The van der Waals surface area contributed by atoms with E-state index in [1.54, 1.807) is 0 Å². The molecule has 0 saturated carbocycles. The Labute approximate surface area is 168 Å². The highest BCUT2D eigenvalue weighted by Gasteiger charge is 2.34. The van der Waals surface area contributed by atoms with E-state index in [9.17, 15) is 4.79 Å². The average molecular weight is 405 g/mol. The number of carbonyl (C=O) groups is 1. The van der Waals surface area contributed by atoms with Crippen LogP contribution in [0.25, 0.3) is 0 Å². The fourth-order valence-corrected chi connectivity index (χ4v) is 4.01. The maximum Gasteiger partial charge on any atom is 0.221 e. The molecule has 3 heterocycles. The van der Waals surface area contributed by atoms with Crippen LogP contribution in [-0.2, 0) is 4.79 Å². The first-order valence-electron chi connectivity index (χ1n) is 10.0. The number of nitrogens with one attached hydrogen (secondary N) is 2. The van der Waals surface area contributed by atoms with Crippen molar-refractivity contribution < 1.29 is 4.79 Å². The number of fused-ring (bicyclic) bond motifs is 3. The Balaban J connectivity index is 1.64. The van der Waals surface area contributed by atoms with Crippen LogP contribution in [0.15, 0.2) is 11.1 Å². The van der Waals surface area contributed by atoms with Crippen LogP contribution in [-0.4, -0.2) is 66.5 Å². The fourth-order valence-electron chi connectivity index (χ4n) is 3.68. The van der Waals surface area contributed by atoms with Gasteiger partial charge in [0.2, 0.25) is 5.91 Å². The highest BCUT2D eigenvalue weighted by atomic mass is 35.5. The highest BCUT2D eigenvalue weighted by molar-refractivity contribution is 6.29. The van der Waals surface area contributed by atoms with Gasteiger partial charge in [0.15, 0.2) is 0 Å². The van der Waals surface area contributed by atoms with Gasteiger partial charge in [-0.05, 0) is 44.7 Å². The molecule has 0 radical (unpaired) electrons. The number of carbonyl (C=O) groups excluding carboxylic acids is 1. The monoisotopic (exact) mass is 404 g/mol. The molecular weight excluding hydrogens is 371 g/mol. The third-order valence-corrected chi connectivity index (χ3v) is 6.21. The van der Waals surface area contributed by atoms with Crippen LogP contribution >= 0.6 is 23.2 Å². The van der Waals surface area contributed by atoms with Gasteiger partial charge < -0.3 is 10.2 Å². The first kappa shape index (κ1) is 22.0. The lowest BCUT2D eigenvalue weighted by molar-refractivity contribution is -0.123. The van der Waals surface area contributed by atoms with E-state index >= 15 is 0 Å². The molecule has 3 aliphatic rings. The summed E-state index contributed by atoms with van der Waals surface area (Å²) in [6.45, 7) is 9.63. The second-order valence-electron chi connectivity index (χ2n) is 7.38. The van der Waals surface area contributed by atoms with Gasteiger partial charge in [-0.25, -0.2) is 5.01 Å². The SMILES string of the molecule is CCC(Cl)C/C=C(/Cl)CN(CC)NCCC(=O)NC1CN2CCC1CC2. The number of hydrogen-bond donors (Lipinski definition) is 2. The van der Waals surface area contributed by atoms with Crippen molar-refractivity contribution in [1.82, 2.24) is 20.7 Å². The molecule has 0 spiro atoms. The lowest BCUT2D eigenvalue weighted by Crippen LogP contribution is -2.57. The molecule has 150 valence electrons. The van der Waals surface area contributed by atoms with E-state index in [1.807, 2.05) is 11.1 Å². The lowest BCUT2D eigenvalue weighted by atomic mass is 9.84. The third kappa shape index (κ3) is 7.35. The smallest absolute Gasteiger partial charge is 0.221 e. The second kappa shape index (κ2) is 11.5. The molecule has 26 heavy (non-hydrogen) atoms. The van der Waals surface area contributed by atoms with Crippen molar-refractivity contribution in [1.29, 1.82) is 0 Å². The molecule has 3 aliphatic heterocycles. The number of nitrogens with zero attached hydrogens (tertiary/aromatic N) is 2. The van der Waals surface area contributed by atoms with Crippen molar-refractivity contribution in [3.8, 4) is 0 Å². The largest absolute Gasteiger partial charge is 0.352 e. The van der Waals surface area contributed by atoms with E-state index in [-0.39, 0.29) is 11.3 Å². The number of hydrazine groups is 1. The number of allylic oxidation sites excluding steroid dienone is 1. The molecule has 3 fully saturated rings. The van der Waals surface area contributed by atoms with E-state index < -0.39 is 0 Å². The van der Waals surface area contributed by atoms with Crippen LogP contribution in [0.4, 0.5) is 0 Å². The van der Waals surface area contributed by atoms with Crippen molar-refractivity contribution >= 4 is 29.1 Å². The summed E-state index contributed by atoms with van der Waals surface area (Å²) in [6.07, 6.45) is 6.65. The minimum absolute atomic E-state index is 0.141. The number of rotatable bonds is 11. The molecule has 0 aliphatic carbocycles. The fraction of sp³-hybridized carbons (Fsp3) is 0.842. The summed E-state index contributed by atoms with van der Waals surface area (Å²) in [5, 5.41) is 6.20. The van der Waals surface area contributed by atoms with E-state index in [1.165, 1.54) is 25.9 Å². The Bertz CT molecular complexity index is 466. The van der Waals surface area contributed by atoms with Gasteiger partial charge in [0, 0.05) is 49.1 Å². The molecule has 2 N–H and O–H groups in total. The summed E-state index contributed by atoms with van der Waals surface area (Å²) in [5.74, 6) is 0.809. The van der Waals surface area contributed by atoms with Crippen LogP contribution in [0.1, 0.15) is 46.0 Å². The Morgan fingerprint density at radius 1 is 1.35 bits per heavy atom. The molecule has 3 rings (SSSR count). The minimum atomic E-state index is 0.141. The normalized spacial score (nSPS) is 27.0. The Kier molecular flexibility index (Phi) is 9.71. The summed E-state index contributed by atoms with van der Waals surface area (Å²) in [7, 11) is 0. The van der Waals surface area contributed by atoms with Crippen LogP contribution in [0.3, 0.4) is 0 Å². The van der Waals surface area contributed by atoms with Gasteiger partial charge in [0.25, 0.3) is 0 Å². The minimum Gasteiger partial charge on any atom is -0.352 e. The van der Waals surface area contributed by atoms with Gasteiger partial charge in [0.1, 0.15) is 0 Å².